The van der Waals surface area contributed by atoms with Crippen molar-refractivity contribution in [1.82, 2.24) is 0 Å². The third kappa shape index (κ3) is 19.4. The molecule has 0 aromatic heterocycles. The molecule has 0 unspecified atom stereocenters. The molecule has 4 rings (SSSR count). The summed E-state index contributed by atoms with van der Waals surface area (Å²) in [6.07, 6.45) is 38.0. The van der Waals surface area contributed by atoms with Gasteiger partial charge < -0.3 is 0 Å². The maximum absolute atomic E-state index is 4.93. The van der Waals surface area contributed by atoms with Gasteiger partial charge in [0.1, 0.15) is 0 Å². The maximum atomic E-state index is 4.93. The van der Waals surface area contributed by atoms with Gasteiger partial charge in [0.2, 0.25) is 0 Å². The number of hydrogen-bond donors (Lipinski definition) is 0. The van der Waals surface area contributed by atoms with Gasteiger partial charge in [-0.2, -0.15) is 0 Å². The predicted molar refractivity (Wildman–Crippen MR) is 152 cm³/mol. The zero-order valence-electron chi connectivity index (χ0n) is 20.3. The van der Waals surface area contributed by atoms with Crippen LogP contribution >= 0.6 is 34.1 Å². The van der Waals surface area contributed by atoms with Crippen molar-refractivity contribution < 1.29 is 41.7 Å². The van der Waals surface area contributed by atoms with Crippen molar-refractivity contribution >= 4 is 50.2 Å². The molecule has 0 amide bonds. The Morgan fingerprint density at radius 3 is 0.794 bits per heavy atom. The molecule has 20 radical (unpaired) electrons. The Morgan fingerprint density at radius 2 is 0.618 bits per heavy atom. The normalized spacial score (nSPS) is 20.4. The van der Waals surface area contributed by atoms with E-state index in [9.17, 15) is 0 Å². The molecule has 0 aromatic rings. The molecule has 178 valence electrons. The molecule has 4 aliphatic rings. The van der Waals surface area contributed by atoms with Crippen LogP contribution < -0.4 is 0 Å². The molecule has 0 aromatic carbocycles. The van der Waals surface area contributed by atoms with E-state index >= 15 is 0 Å². The molecule has 0 aliphatic heterocycles. The van der Waals surface area contributed by atoms with Gasteiger partial charge in [0.25, 0.3) is 0 Å². The summed E-state index contributed by atoms with van der Waals surface area (Å²) >= 11 is -1.65. The molecule has 34 heavy (non-hydrogen) atoms. The predicted octanol–water partition coefficient (Wildman–Crippen LogP) is 9.09. The van der Waals surface area contributed by atoms with Gasteiger partial charge in [-0.1, -0.05) is 38.3 Å². The molecule has 8 heteroatoms. The summed E-state index contributed by atoms with van der Waals surface area (Å²) in [5.74, 6) is 0. The van der Waals surface area contributed by atoms with Crippen LogP contribution in [-0.2, 0) is 41.7 Å². The Hall–Kier alpha value is 3.36. The SMILES string of the molecule is C[Si](C)(CC[Si](C)(C)[C]1[CH][CH][CH][CH]1)[C]1[CH][CH][CH][CH]1.[CH]1[CH][CH][CH][CH]1.[CH]1[CH][CH][CH][CH]1.[Cl][Zr+2][Cl].[Cl][Zr+2][Cl]. The third-order valence-electron chi connectivity index (χ3n) is 5.37. The zero-order chi connectivity index (χ0) is 25.7. The molecular weight excluding hydrogens is 693 g/mol. The fourth-order valence-electron chi connectivity index (χ4n) is 3.21. The van der Waals surface area contributed by atoms with Crippen molar-refractivity contribution in [3.05, 3.63) is 127 Å². The van der Waals surface area contributed by atoms with Gasteiger partial charge in [-0.15, -0.1) is 0 Å². The molecule has 0 heterocycles. The first-order valence-electron chi connectivity index (χ1n) is 11.0. The van der Waals surface area contributed by atoms with Crippen LogP contribution in [0.4, 0.5) is 0 Å². The molecule has 4 aliphatic carbocycles. The quantitative estimate of drug-likeness (QED) is 0.248. The molecule has 0 nitrogen and oxygen atoms in total. The van der Waals surface area contributed by atoms with E-state index in [0.717, 1.165) is 0 Å². The van der Waals surface area contributed by atoms with Crippen molar-refractivity contribution in [2.24, 2.45) is 0 Å². The van der Waals surface area contributed by atoms with Gasteiger partial charge in [0, 0.05) is 0 Å². The Kier molecular flexibility index (Phi) is 26.6. The summed E-state index contributed by atoms with van der Waals surface area (Å²) in [4.78, 5) is 0. The molecule has 4 saturated carbocycles. The van der Waals surface area contributed by atoms with E-state index < -0.39 is 57.8 Å². The van der Waals surface area contributed by atoms with Crippen LogP contribution in [0.3, 0.4) is 0 Å². The number of hydrogen-bond acceptors (Lipinski definition) is 0. The van der Waals surface area contributed by atoms with Gasteiger partial charge in [-0.25, -0.2) is 0 Å². The second-order valence-electron chi connectivity index (χ2n) is 8.68. The average Bonchev–Trinajstić information content (AvgIpc) is 3.65. The Bertz CT molecular complexity index is 381. The summed E-state index contributed by atoms with van der Waals surface area (Å²) < 4.78 is 0. The van der Waals surface area contributed by atoms with Crippen molar-refractivity contribution in [3.8, 4) is 0 Å². The molecule has 0 saturated heterocycles. The van der Waals surface area contributed by atoms with Crippen LogP contribution in [0.15, 0.2) is 0 Å². The van der Waals surface area contributed by atoms with Crippen LogP contribution in [0, 0.1) is 127 Å². The third-order valence-corrected chi connectivity index (χ3v) is 12.7. The number of halogens is 4. The van der Waals surface area contributed by atoms with Gasteiger partial charge in [0.15, 0.2) is 0 Å². The Labute approximate surface area is 253 Å². The zero-order valence-corrected chi connectivity index (χ0v) is 30.3. The van der Waals surface area contributed by atoms with E-state index in [1.54, 1.807) is 11.1 Å². The first kappa shape index (κ1) is 37.4. The minimum atomic E-state index is -1.21. The summed E-state index contributed by atoms with van der Waals surface area (Å²) in [5.41, 5.74) is 3.24. The van der Waals surface area contributed by atoms with Crippen molar-refractivity contribution in [2.45, 2.75) is 38.3 Å². The first-order valence-corrected chi connectivity index (χ1v) is 30.0. The summed E-state index contributed by atoms with van der Waals surface area (Å²) in [7, 11) is 17.3. The fourth-order valence-corrected chi connectivity index (χ4v) is 11.0. The van der Waals surface area contributed by atoms with Crippen LogP contribution in [0.2, 0.25) is 38.3 Å². The number of rotatable bonds is 5. The first-order chi connectivity index (χ1) is 16.2. The molecule has 4 fully saturated rings. The molecule has 0 bridgehead atoms. The van der Waals surface area contributed by atoms with Crippen LogP contribution in [0.1, 0.15) is 0 Å². The Balaban J connectivity index is 0.000000548. The topological polar surface area (TPSA) is 0 Å². The van der Waals surface area contributed by atoms with Crippen LogP contribution in [-0.4, -0.2) is 16.1 Å². The second-order valence-corrected chi connectivity index (χ2v) is 25.8. The van der Waals surface area contributed by atoms with E-state index in [1.165, 1.54) is 12.1 Å². The van der Waals surface area contributed by atoms with E-state index in [0.29, 0.717) is 0 Å². The van der Waals surface area contributed by atoms with Gasteiger partial charge in [0.05, 0.1) is 16.1 Å². The molecule has 0 atom stereocenters. The molecular formula is C26H34Cl4Si2Zr2+4. The summed E-state index contributed by atoms with van der Waals surface area (Å²) in [6.45, 7) is 10.0. The summed E-state index contributed by atoms with van der Waals surface area (Å²) in [6, 6.07) is 2.84. The van der Waals surface area contributed by atoms with Gasteiger partial charge in [-0.3, -0.25) is 0 Å². The van der Waals surface area contributed by atoms with E-state index in [2.05, 4.69) is 77.6 Å². The van der Waals surface area contributed by atoms with E-state index in [4.69, 9.17) is 34.1 Å². The van der Waals surface area contributed by atoms with Gasteiger partial charge >= 0.3 is 75.7 Å². The van der Waals surface area contributed by atoms with Crippen LogP contribution in [0.5, 0.6) is 0 Å². The molecule has 0 N–H and O–H groups in total. The van der Waals surface area contributed by atoms with E-state index in [1.807, 2.05) is 64.2 Å². The standard InChI is InChI=1S/C16H24Si2.2C5H5.4ClH.2Zr/c1-17(2,15-9-5-6-10-15)13-14-18(3,4)16-11-7-8-12-16;2*1-2-4-5-3-1;;;;;;/h5-12H,13-14H2,1-4H3;2*1-5H;4*1H;;/q;;;;;;;2*+4/p-4. The minimum absolute atomic E-state index is 0.826. The monoisotopic (exact) mass is 722 g/mol. The summed E-state index contributed by atoms with van der Waals surface area (Å²) in [5, 5.41) is 0. The fraction of sp³-hybridized carbons (Fsp3) is 0.231. The van der Waals surface area contributed by atoms with Crippen molar-refractivity contribution in [3.63, 3.8) is 0 Å². The van der Waals surface area contributed by atoms with Gasteiger partial charge in [-0.05, 0) is 127 Å². The Morgan fingerprint density at radius 1 is 0.441 bits per heavy atom. The van der Waals surface area contributed by atoms with Crippen molar-refractivity contribution in [2.75, 3.05) is 0 Å². The van der Waals surface area contributed by atoms with E-state index in [-0.39, 0.29) is 0 Å². The molecule has 0 spiro atoms. The van der Waals surface area contributed by atoms with Crippen LogP contribution in [0.25, 0.3) is 0 Å². The van der Waals surface area contributed by atoms with Crippen molar-refractivity contribution in [1.29, 1.82) is 0 Å². The average molecular weight is 727 g/mol. The second kappa shape index (κ2) is 24.2.